The van der Waals surface area contributed by atoms with Gasteiger partial charge in [0.05, 0.1) is 0 Å². The van der Waals surface area contributed by atoms with E-state index >= 15 is 0 Å². The van der Waals surface area contributed by atoms with Gasteiger partial charge in [0.25, 0.3) is 0 Å². The van der Waals surface area contributed by atoms with Gasteiger partial charge in [0.2, 0.25) is 0 Å². The summed E-state index contributed by atoms with van der Waals surface area (Å²) in [5, 5.41) is 0. The first kappa shape index (κ1) is 15.4. The van der Waals surface area contributed by atoms with Crippen molar-refractivity contribution in [3.8, 4) is 0 Å². The van der Waals surface area contributed by atoms with Crippen LogP contribution in [0.5, 0.6) is 0 Å². The van der Waals surface area contributed by atoms with Crippen molar-refractivity contribution in [2.75, 3.05) is 20.6 Å². The molecule has 0 atom stereocenters. The highest BCUT2D eigenvalue weighted by molar-refractivity contribution is 7.98. The molecule has 1 aliphatic rings. The van der Waals surface area contributed by atoms with Crippen molar-refractivity contribution in [2.24, 2.45) is 0 Å². The Balaban J connectivity index is 2.10. The van der Waals surface area contributed by atoms with Crippen LogP contribution in [0.15, 0.2) is 53.4 Å². The zero-order valence-corrected chi connectivity index (χ0v) is 14.4. The van der Waals surface area contributed by atoms with Gasteiger partial charge in [-0.1, -0.05) is 48.0 Å². The van der Waals surface area contributed by atoms with Crippen LogP contribution in [0, 0.1) is 6.92 Å². The second-order valence-electron chi connectivity index (χ2n) is 6.16. The molecule has 1 aliphatic heterocycles. The summed E-state index contributed by atoms with van der Waals surface area (Å²) < 4.78 is 0. The number of rotatable bonds is 3. The predicted octanol–water partition coefficient (Wildman–Crippen LogP) is 4.98. The first-order valence-electron chi connectivity index (χ1n) is 7.82. The number of benzene rings is 2. The average molecular weight is 309 g/mol. The highest BCUT2D eigenvalue weighted by atomic mass is 32.2. The molecule has 0 bridgehead atoms. The molecule has 3 rings (SSSR count). The summed E-state index contributed by atoms with van der Waals surface area (Å²) in [7, 11) is 4.26. The normalized spacial score (nSPS) is 15.5. The lowest BCUT2D eigenvalue weighted by Gasteiger charge is -2.13. The molecule has 2 aromatic carbocycles. The average Bonchev–Trinajstić information content (AvgIpc) is 2.65. The number of hydrogen-bond donors (Lipinski definition) is 0. The van der Waals surface area contributed by atoms with Crippen molar-refractivity contribution in [3.05, 3.63) is 70.8 Å². The quantitative estimate of drug-likeness (QED) is 0.786. The second kappa shape index (κ2) is 6.72. The number of hydrogen-bond acceptors (Lipinski definition) is 2. The molecule has 0 saturated heterocycles. The van der Waals surface area contributed by atoms with Gasteiger partial charge in [-0.15, -0.1) is 11.8 Å². The molecule has 1 nitrogen and oxygen atoms in total. The summed E-state index contributed by atoms with van der Waals surface area (Å²) in [6.45, 7) is 3.27. The van der Waals surface area contributed by atoms with E-state index in [2.05, 4.69) is 74.5 Å². The van der Waals surface area contributed by atoms with Crippen LogP contribution in [0.25, 0.3) is 5.57 Å². The molecule has 0 radical (unpaired) electrons. The Bertz CT molecular complexity index is 701. The van der Waals surface area contributed by atoms with Crippen LogP contribution in [0.3, 0.4) is 0 Å². The molecule has 0 N–H and O–H groups in total. The fraction of sp³-hybridized carbons (Fsp3) is 0.300. The van der Waals surface area contributed by atoms with Crippen molar-refractivity contribution >= 4 is 17.3 Å². The van der Waals surface area contributed by atoms with E-state index in [0.29, 0.717) is 0 Å². The van der Waals surface area contributed by atoms with E-state index in [4.69, 9.17) is 0 Å². The summed E-state index contributed by atoms with van der Waals surface area (Å²) in [6, 6.07) is 15.7. The molecule has 2 heteroatoms. The van der Waals surface area contributed by atoms with Gasteiger partial charge in [-0.2, -0.15) is 0 Å². The molecule has 0 aliphatic carbocycles. The highest BCUT2D eigenvalue weighted by Gasteiger charge is 2.18. The fourth-order valence-corrected chi connectivity index (χ4v) is 3.94. The minimum absolute atomic E-state index is 1.05. The minimum Gasteiger partial charge on any atom is -0.309 e. The van der Waals surface area contributed by atoms with Crippen molar-refractivity contribution in [1.29, 1.82) is 0 Å². The van der Waals surface area contributed by atoms with E-state index in [0.717, 1.165) is 18.7 Å². The van der Waals surface area contributed by atoms with E-state index in [9.17, 15) is 0 Å². The molecule has 0 aromatic heterocycles. The standard InChI is InChI=1S/C20H23NS/c1-15-10-11-16-14-22-20-9-5-4-7-18(20)17(19(16)13-15)8-6-12-21(2)3/h4-5,7-11,13H,6,12,14H2,1-3H3. The largest absolute Gasteiger partial charge is 0.309 e. The van der Waals surface area contributed by atoms with Crippen molar-refractivity contribution in [1.82, 2.24) is 4.90 Å². The first-order valence-corrected chi connectivity index (χ1v) is 8.80. The van der Waals surface area contributed by atoms with Crippen molar-refractivity contribution in [2.45, 2.75) is 24.0 Å². The molecule has 2 aromatic rings. The van der Waals surface area contributed by atoms with Gasteiger partial charge in [-0.25, -0.2) is 0 Å². The third-order valence-electron chi connectivity index (χ3n) is 4.04. The maximum atomic E-state index is 2.42. The lowest BCUT2D eigenvalue weighted by atomic mass is 9.92. The van der Waals surface area contributed by atoms with Gasteiger partial charge >= 0.3 is 0 Å². The molecule has 0 spiro atoms. The molecule has 22 heavy (non-hydrogen) atoms. The maximum Gasteiger partial charge on any atom is 0.0238 e. The van der Waals surface area contributed by atoms with Gasteiger partial charge in [0.15, 0.2) is 0 Å². The van der Waals surface area contributed by atoms with Gasteiger partial charge in [0.1, 0.15) is 0 Å². The number of thioether (sulfide) groups is 1. The monoisotopic (exact) mass is 309 g/mol. The minimum atomic E-state index is 1.05. The predicted molar refractivity (Wildman–Crippen MR) is 97.4 cm³/mol. The van der Waals surface area contributed by atoms with E-state index in [1.54, 1.807) is 0 Å². The van der Waals surface area contributed by atoms with Crippen LogP contribution in [0.2, 0.25) is 0 Å². The Morgan fingerprint density at radius 2 is 1.91 bits per heavy atom. The molecular weight excluding hydrogens is 286 g/mol. The van der Waals surface area contributed by atoms with Crippen molar-refractivity contribution in [3.63, 3.8) is 0 Å². The van der Waals surface area contributed by atoms with Crippen LogP contribution in [0.1, 0.15) is 28.7 Å². The van der Waals surface area contributed by atoms with E-state index in [1.165, 1.54) is 32.7 Å². The van der Waals surface area contributed by atoms with E-state index in [1.807, 2.05) is 11.8 Å². The van der Waals surface area contributed by atoms with Crippen LogP contribution >= 0.6 is 11.8 Å². The van der Waals surface area contributed by atoms with Crippen LogP contribution in [-0.4, -0.2) is 25.5 Å². The Hall–Kier alpha value is -1.51. The molecule has 114 valence electrons. The molecule has 0 saturated carbocycles. The third kappa shape index (κ3) is 3.29. The number of nitrogens with zero attached hydrogens (tertiary/aromatic N) is 1. The lowest BCUT2D eigenvalue weighted by Crippen LogP contribution is -2.12. The van der Waals surface area contributed by atoms with Crippen LogP contribution in [0.4, 0.5) is 0 Å². The van der Waals surface area contributed by atoms with Crippen molar-refractivity contribution < 1.29 is 0 Å². The summed E-state index contributed by atoms with van der Waals surface area (Å²) in [6.07, 6.45) is 3.50. The molecule has 0 fully saturated rings. The van der Waals surface area contributed by atoms with Gasteiger partial charge < -0.3 is 4.90 Å². The first-order chi connectivity index (χ1) is 10.6. The lowest BCUT2D eigenvalue weighted by molar-refractivity contribution is 0.417. The van der Waals surface area contributed by atoms with Gasteiger partial charge in [0, 0.05) is 17.2 Å². The summed E-state index contributed by atoms with van der Waals surface area (Å²) in [5.41, 5.74) is 6.98. The molecule has 1 heterocycles. The Labute approximate surface area is 138 Å². The Kier molecular flexibility index (Phi) is 4.70. The SMILES string of the molecule is Cc1ccc2c(c1)C(=CCCN(C)C)c1ccccc1SC2. The van der Waals surface area contributed by atoms with E-state index < -0.39 is 0 Å². The number of aryl methyl sites for hydroxylation is 1. The summed E-state index contributed by atoms with van der Waals surface area (Å²) >= 11 is 1.95. The summed E-state index contributed by atoms with van der Waals surface area (Å²) in [4.78, 5) is 3.64. The fourth-order valence-electron chi connectivity index (χ4n) is 2.87. The van der Waals surface area contributed by atoms with E-state index in [-0.39, 0.29) is 0 Å². The Morgan fingerprint density at radius 1 is 1.09 bits per heavy atom. The Morgan fingerprint density at radius 3 is 2.73 bits per heavy atom. The summed E-state index contributed by atoms with van der Waals surface area (Å²) in [5.74, 6) is 1.05. The second-order valence-corrected chi connectivity index (χ2v) is 7.17. The van der Waals surface area contributed by atoms with Crippen LogP contribution < -0.4 is 0 Å². The zero-order chi connectivity index (χ0) is 15.5. The van der Waals surface area contributed by atoms with Gasteiger partial charge in [-0.05, 0) is 55.8 Å². The molecule has 0 amide bonds. The number of fused-ring (bicyclic) bond motifs is 2. The topological polar surface area (TPSA) is 3.24 Å². The highest BCUT2D eigenvalue weighted by Crippen LogP contribution is 2.40. The third-order valence-corrected chi connectivity index (χ3v) is 5.16. The molecular formula is C20H23NS. The molecule has 0 unspecified atom stereocenters. The smallest absolute Gasteiger partial charge is 0.0238 e. The zero-order valence-electron chi connectivity index (χ0n) is 13.6. The van der Waals surface area contributed by atoms with Gasteiger partial charge in [-0.3, -0.25) is 0 Å². The van der Waals surface area contributed by atoms with Crippen LogP contribution in [-0.2, 0) is 5.75 Å². The maximum absolute atomic E-state index is 2.42.